The number of aryl methyl sites for hydroxylation is 1. The minimum absolute atomic E-state index is 0.0817. The van der Waals surface area contributed by atoms with Crippen LogP contribution in [0.4, 0.5) is 0 Å². The third-order valence-corrected chi connectivity index (χ3v) is 4.92. The monoisotopic (exact) mass is 299 g/mol. The lowest BCUT2D eigenvalue weighted by atomic mass is 10.0. The van der Waals surface area contributed by atoms with Gasteiger partial charge in [-0.05, 0) is 37.5 Å². The van der Waals surface area contributed by atoms with Crippen molar-refractivity contribution in [2.24, 2.45) is 0 Å². The van der Waals surface area contributed by atoms with E-state index in [-0.39, 0.29) is 11.3 Å². The molecule has 0 aliphatic heterocycles. The van der Waals surface area contributed by atoms with Crippen molar-refractivity contribution >= 4 is 16.0 Å². The molecular formula is C14H21NO4S. The molecule has 20 heavy (non-hydrogen) atoms. The van der Waals surface area contributed by atoms with E-state index in [1.807, 2.05) is 6.92 Å². The third kappa shape index (κ3) is 3.80. The van der Waals surface area contributed by atoms with Gasteiger partial charge in [0.25, 0.3) is 0 Å². The van der Waals surface area contributed by atoms with Gasteiger partial charge in [-0.2, -0.15) is 4.72 Å². The first-order valence-corrected chi connectivity index (χ1v) is 8.10. The second-order valence-electron chi connectivity index (χ2n) is 4.99. The van der Waals surface area contributed by atoms with Crippen molar-refractivity contribution in [2.75, 3.05) is 0 Å². The van der Waals surface area contributed by atoms with Crippen molar-refractivity contribution in [1.29, 1.82) is 0 Å². The van der Waals surface area contributed by atoms with Crippen LogP contribution in [0.5, 0.6) is 0 Å². The summed E-state index contributed by atoms with van der Waals surface area (Å²) >= 11 is 0. The summed E-state index contributed by atoms with van der Waals surface area (Å²) in [6, 6.07) is 6.51. The predicted octanol–water partition coefficient (Wildman–Crippen LogP) is 2.17. The number of carboxylic acids is 1. The van der Waals surface area contributed by atoms with E-state index >= 15 is 0 Å². The van der Waals surface area contributed by atoms with E-state index in [1.165, 1.54) is 19.1 Å². The topological polar surface area (TPSA) is 83.5 Å². The van der Waals surface area contributed by atoms with Gasteiger partial charge in [0.15, 0.2) is 0 Å². The molecule has 0 aliphatic rings. The fraction of sp³-hybridized carbons (Fsp3) is 0.500. The van der Waals surface area contributed by atoms with Crippen LogP contribution in [-0.4, -0.2) is 25.0 Å². The second kappa shape index (κ2) is 6.37. The predicted molar refractivity (Wildman–Crippen MR) is 77.1 cm³/mol. The first-order chi connectivity index (χ1) is 9.25. The number of aliphatic carboxylic acids is 1. The highest BCUT2D eigenvalue weighted by molar-refractivity contribution is 7.89. The average Bonchev–Trinajstić information content (AvgIpc) is 2.39. The molecule has 0 saturated heterocycles. The maximum Gasteiger partial charge on any atom is 0.324 e. The summed E-state index contributed by atoms with van der Waals surface area (Å²) in [5.41, 5.74) is -0.441. The summed E-state index contributed by atoms with van der Waals surface area (Å²) in [6.07, 6.45) is 2.03. The molecule has 0 heterocycles. The lowest BCUT2D eigenvalue weighted by Gasteiger charge is -2.24. The summed E-state index contributed by atoms with van der Waals surface area (Å²) in [5, 5.41) is 9.13. The molecule has 1 rings (SSSR count). The Labute approximate surface area is 120 Å². The molecule has 1 unspecified atom stereocenters. The smallest absolute Gasteiger partial charge is 0.324 e. The molecule has 1 aromatic carbocycles. The van der Waals surface area contributed by atoms with Gasteiger partial charge in [0.05, 0.1) is 4.90 Å². The summed E-state index contributed by atoms with van der Waals surface area (Å²) in [7, 11) is -3.84. The van der Waals surface area contributed by atoms with Gasteiger partial charge >= 0.3 is 5.97 Å². The molecule has 0 radical (unpaired) electrons. The lowest BCUT2D eigenvalue weighted by molar-refractivity contribution is -0.143. The zero-order chi connectivity index (χ0) is 15.4. The number of hydrogen-bond donors (Lipinski definition) is 2. The van der Waals surface area contributed by atoms with E-state index in [9.17, 15) is 13.2 Å². The van der Waals surface area contributed by atoms with Crippen LogP contribution in [0.1, 0.15) is 39.2 Å². The maximum atomic E-state index is 12.2. The highest BCUT2D eigenvalue weighted by atomic mass is 32.2. The van der Waals surface area contributed by atoms with Gasteiger partial charge in [0, 0.05) is 0 Å². The van der Waals surface area contributed by atoms with Crippen LogP contribution in [-0.2, 0) is 21.2 Å². The van der Waals surface area contributed by atoms with Gasteiger partial charge in [-0.15, -0.1) is 0 Å². The van der Waals surface area contributed by atoms with E-state index in [1.54, 1.807) is 19.1 Å². The molecule has 0 aliphatic carbocycles. The summed E-state index contributed by atoms with van der Waals surface area (Å²) in [4.78, 5) is 11.3. The van der Waals surface area contributed by atoms with Gasteiger partial charge in [-0.3, -0.25) is 4.79 Å². The molecule has 1 atom stereocenters. The first kappa shape index (κ1) is 16.7. The van der Waals surface area contributed by atoms with E-state index < -0.39 is 21.5 Å². The summed E-state index contributed by atoms with van der Waals surface area (Å²) in [5.74, 6) is -1.19. The molecule has 6 heteroatoms. The van der Waals surface area contributed by atoms with Crippen molar-refractivity contribution in [1.82, 2.24) is 4.72 Å². The Morgan fingerprint density at radius 1 is 1.25 bits per heavy atom. The number of hydrogen-bond acceptors (Lipinski definition) is 3. The zero-order valence-corrected chi connectivity index (χ0v) is 12.8. The number of carboxylic acid groups (broad SMARTS) is 1. The van der Waals surface area contributed by atoms with Crippen molar-refractivity contribution in [3.05, 3.63) is 29.8 Å². The molecule has 112 valence electrons. The van der Waals surface area contributed by atoms with Crippen LogP contribution in [0.25, 0.3) is 0 Å². The maximum absolute atomic E-state index is 12.2. The summed E-state index contributed by atoms with van der Waals surface area (Å²) < 4.78 is 26.7. The zero-order valence-electron chi connectivity index (χ0n) is 12.0. The number of rotatable bonds is 7. The first-order valence-electron chi connectivity index (χ1n) is 6.61. The van der Waals surface area contributed by atoms with Crippen molar-refractivity contribution in [3.63, 3.8) is 0 Å². The van der Waals surface area contributed by atoms with Gasteiger partial charge < -0.3 is 5.11 Å². The van der Waals surface area contributed by atoms with Crippen molar-refractivity contribution < 1.29 is 18.3 Å². The van der Waals surface area contributed by atoms with Crippen molar-refractivity contribution in [3.8, 4) is 0 Å². The average molecular weight is 299 g/mol. The highest BCUT2D eigenvalue weighted by Crippen LogP contribution is 2.17. The molecule has 2 N–H and O–H groups in total. The molecule has 0 saturated carbocycles. The number of carbonyl (C=O) groups is 1. The van der Waals surface area contributed by atoms with E-state index in [0.717, 1.165) is 18.4 Å². The fourth-order valence-electron chi connectivity index (χ4n) is 1.75. The molecule has 1 aromatic rings. The van der Waals surface area contributed by atoms with E-state index in [2.05, 4.69) is 4.72 Å². The molecule has 5 nitrogen and oxygen atoms in total. The molecule has 0 spiro atoms. The Morgan fingerprint density at radius 3 is 2.20 bits per heavy atom. The Morgan fingerprint density at radius 2 is 1.80 bits per heavy atom. The van der Waals surface area contributed by atoms with E-state index in [4.69, 9.17) is 5.11 Å². The Kier molecular flexibility index (Phi) is 5.30. The van der Waals surface area contributed by atoms with Gasteiger partial charge in [0.2, 0.25) is 10.0 Å². The second-order valence-corrected chi connectivity index (χ2v) is 6.67. The Balaban J connectivity index is 3.02. The van der Waals surface area contributed by atoms with Gasteiger partial charge in [0.1, 0.15) is 5.54 Å². The minimum atomic E-state index is -3.84. The lowest BCUT2D eigenvalue weighted by Crippen LogP contribution is -2.51. The largest absolute Gasteiger partial charge is 0.480 e. The molecule has 0 aromatic heterocycles. The quantitative estimate of drug-likeness (QED) is 0.808. The minimum Gasteiger partial charge on any atom is -0.480 e. The molecular weight excluding hydrogens is 278 g/mol. The van der Waals surface area contributed by atoms with Gasteiger partial charge in [-0.1, -0.05) is 32.4 Å². The number of sulfonamides is 1. The SMILES string of the molecule is CCCc1ccc(S(=O)(=O)NC(C)(CC)C(=O)O)cc1. The van der Waals surface area contributed by atoms with Crippen LogP contribution in [0.3, 0.4) is 0 Å². The molecule has 0 fully saturated rings. The summed E-state index contributed by atoms with van der Waals surface area (Å²) in [6.45, 7) is 5.03. The standard InChI is InChI=1S/C14H21NO4S/c1-4-6-11-7-9-12(10-8-11)20(18,19)15-14(3,5-2)13(16)17/h7-10,15H,4-6H2,1-3H3,(H,16,17). The Bertz CT molecular complexity index is 565. The third-order valence-electron chi connectivity index (χ3n) is 3.31. The molecule has 0 amide bonds. The van der Waals surface area contributed by atoms with Crippen LogP contribution >= 0.6 is 0 Å². The van der Waals surface area contributed by atoms with Crippen LogP contribution in [0.2, 0.25) is 0 Å². The van der Waals surface area contributed by atoms with Gasteiger partial charge in [-0.25, -0.2) is 8.42 Å². The van der Waals surface area contributed by atoms with Crippen molar-refractivity contribution in [2.45, 2.75) is 50.5 Å². The Hall–Kier alpha value is -1.40. The fourth-order valence-corrected chi connectivity index (χ4v) is 3.18. The van der Waals surface area contributed by atoms with Crippen LogP contribution in [0.15, 0.2) is 29.2 Å². The number of nitrogens with one attached hydrogen (secondary N) is 1. The molecule has 0 bridgehead atoms. The van der Waals surface area contributed by atoms with E-state index in [0.29, 0.717) is 0 Å². The van der Waals surface area contributed by atoms with Crippen LogP contribution < -0.4 is 4.72 Å². The number of benzene rings is 1. The van der Waals surface area contributed by atoms with Crippen LogP contribution in [0, 0.1) is 0 Å². The highest BCUT2D eigenvalue weighted by Gasteiger charge is 2.36. The normalized spacial score (nSPS) is 14.8.